The van der Waals surface area contributed by atoms with Crippen LogP contribution in [-0.2, 0) is 9.53 Å². The second-order valence-electron chi connectivity index (χ2n) is 7.29. The van der Waals surface area contributed by atoms with Gasteiger partial charge in [0.15, 0.2) is 0 Å². The third kappa shape index (κ3) is 3.98. The molecule has 5 unspecified atom stereocenters. The standard InChI is InChI=1S/C17H32N2O2/c1-11(2)18-9-15-7-6-8-19(10-15)17(20)16-12(3)13(4)21-14(16)5/h11-16,18H,6-10H2,1-5H3. The molecule has 2 aliphatic rings. The first kappa shape index (κ1) is 16.8. The normalized spacial score (nSPS) is 37.2. The number of hydrogen-bond acceptors (Lipinski definition) is 3. The number of amides is 1. The van der Waals surface area contributed by atoms with Gasteiger partial charge in [-0.15, -0.1) is 0 Å². The molecule has 0 radical (unpaired) electrons. The van der Waals surface area contributed by atoms with E-state index in [2.05, 4.69) is 37.9 Å². The second-order valence-corrected chi connectivity index (χ2v) is 7.29. The lowest BCUT2D eigenvalue weighted by Crippen LogP contribution is -2.48. The van der Waals surface area contributed by atoms with Crippen LogP contribution in [0.3, 0.4) is 0 Å². The van der Waals surface area contributed by atoms with Crippen molar-refractivity contribution in [3.8, 4) is 0 Å². The molecule has 0 aromatic carbocycles. The monoisotopic (exact) mass is 296 g/mol. The van der Waals surface area contributed by atoms with Gasteiger partial charge in [-0.25, -0.2) is 0 Å². The van der Waals surface area contributed by atoms with Gasteiger partial charge in [-0.2, -0.15) is 0 Å². The average molecular weight is 296 g/mol. The van der Waals surface area contributed by atoms with Crippen LogP contribution in [0.1, 0.15) is 47.5 Å². The van der Waals surface area contributed by atoms with E-state index in [9.17, 15) is 4.79 Å². The van der Waals surface area contributed by atoms with Crippen LogP contribution in [0, 0.1) is 17.8 Å². The van der Waals surface area contributed by atoms with E-state index in [-0.39, 0.29) is 18.1 Å². The lowest BCUT2D eigenvalue weighted by Gasteiger charge is -2.36. The molecule has 5 atom stereocenters. The Morgan fingerprint density at radius 2 is 2.00 bits per heavy atom. The van der Waals surface area contributed by atoms with Crippen LogP contribution in [0.2, 0.25) is 0 Å². The highest BCUT2D eigenvalue weighted by atomic mass is 16.5. The number of rotatable bonds is 4. The van der Waals surface area contributed by atoms with Crippen molar-refractivity contribution in [3.05, 3.63) is 0 Å². The minimum absolute atomic E-state index is 0.0387. The molecule has 0 aromatic heterocycles. The number of piperidine rings is 1. The van der Waals surface area contributed by atoms with Gasteiger partial charge in [-0.3, -0.25) is 4.79 Å². The first-order chi connectivity index (χ1) is 9.90. The Morgan fingerprint density at radius 3 is 2.57 bits per heavy atom. The van der Waals surface area contributed by atoms with Gasteiger partial charge < -0.3 is 15.0 Å². The van der Waals surface area contributed by atoms with Gasteiger partial charge in [-0.1, -0.05) is 20.8 Å². The molecule has 4 heteroatoms. The summed E-state index contributed by atoms with van der Waals surface area (Å²) in [6.07, 6.45) is 2.60. The fraction of sp³-hybridized carbons (Fsp3) is 0.941. The molecule has 2 aliphatic heterocycles. The van der Waals surface area contributed by atoms with E-state index in [1.54, 1.807) is 0 Å². The Labute approximate surface area is 129 Å². The number of nitrogens with one attached hydrogen (secondary N) is 1. The second kappa shape index (κ2) is 7.10. The van der Waals surface area contributed by atoms with E-state index in [0.717, 1.165) is 26.1 Å². The van der Waals surface area contributed by atoms with Crippen molar-refractivity contribution in [1.82, 2.24) is 10.2 Å². The van der Waals surface area contributed by atoms with E-state index in [1.165, 1.54) is 6.42 Å². The topological polar surface area (TPSA) is 41.6 Å². The van der Waals surface area contributed by atoms with Crippen molar-refractivity contribution in [1.29, 1.82) is 0 Å². The largest absolute Gasteiger partial charge is 0.374 e. The van der Waals surface area contributed by atoms with Crippen LogP contribution in [-0.4, -0.2) is 48.7 Å². The van der Waals surface area contributed by atoms with E-state index in [4.69, 9.17) is 4.74 Å². The molecule has 2 heterocycles. The van der Waals surface area contributed by atoms with E-state index in [0.29, 0.717) is 23.8 Å². The van der Waals surface area contributed by atoms with Crippen molar-refractivity contribution >= 4 is 5.91 Å². The summed E-state index contributed by atoms with van der Waals surface area (Å²) < 4.78 is 5.84. The van der Waals surface area contributed by atoms with Gasteiger partial charge in [0.2, 0.25) is 5.91 Å². The number of hydrogen-bond donors (Lipinski definition) is 1. The van der Waals surface area contributed by atoms with Gasteiger partial charge in [0, 0.05) is 19.1 Å². The highest BCUT2D eigenvalue weighted by Gasteiger charge is 2.43. The number of ether oxygens (including phenoxy) is 1. The first-order valence-corrected chi connectivity index (χ1v) is 8.57. The lowest BCUT2D eigenvalue weighted by molar-refractivity contribution is -0.139. The van der Waals surface area contributed by atoms with E-state index in [1.807, 2.05) is 6.92 Å². The molecule has 21 heavy (non-hydrogen) atoms. The zero-order valence-electron chi connectivity index (χ0n) is 14.3. The van der Waals surface area contributed by atoms with Crippen molar-refractivity contribution in [2.45, 2.75) is 65.7 Å². The molecule has 2 fully saturated rings. The third-order valence-electron chi connectivity index (χ3n) is 5.17. The van der Waals surface area contributed by atoms with Crippen LogP contribution in [0.25, 0.3) is 0 Å². The zero-order valence-corrected chi connectivity index (χ0v) is 14.3. The maximum atomic E-state index is 12.9. The number of nitrogens with zero attached hydrogens (tertiary/aromatic N) is 1. The summed E-state index contributed by atoms with van der Waals surface area (Å²) in [6, 6.07) is 0.514. The SMILES string of the molecule is CC(C)NCC1CCCN(C(=O)C2C(C)OC(C)C2C)C1. The molecule has 0 aromatic rings. The summed E-state index contributed by atoms with van der Waals surface area (Å²) in [4.78, 5) is 15.0. The quantitative estimate of drug-likeness (QED) is 0.865. The molecule has 1 N–H and O–H groups in total. The first-order valence-electron chi connectivity index (χ1n) is 8.57. The smallest absolute Gasteiger partial charge is 0.228 e. The van der Waals surface area contributed by atoms with Crippen molar-refractivity contribution in [2.24, 2.45) is 17.8 Å². The van der Waals surface area contributed by atoms with E-state index < -0.39 is 0 Å². The van der Waals surface area contributed by atoms with Crippen molar-refractivity contribution in [3.63, 3.8) is 0 Å². The predicted octanol–water partition coefficient (Wildman–Crippen LogP) is 2.28. The summed E-state index contributed by atoms with van der Waals surface area (Å²) in [5.41, 5.74) is 0. The zero-order chi connectivity index (χ0) is 15.6. The molecule has 0 aliphatic carbocycles. The molecule has 0 saturated carbocycles. The van der Waals surface area contributed by atoms with Gasteiger partial charge in [0.25, 0.3) is 0 Å². The van der Waals surface area contributed by atoms with Crippen LogP contribution < -0.4 is 5.32 Å². The van der Waals surface area contributed by atoms with Crippen LogP contribution in [0.5, 0.6) is 0 Å². The average Bonchev–Trinajstić information content (AvgIpc) is 2.69. The summed E-state index contributed by atoms with van der Waals surface area (Å²) in [5, 5.41) is 3.51. The molecular formula is C17H32N2O2. The van der Waals surface area contributed by atoms with Crippen molar-refractivity contribution in [2.75, 3.05) is 19.6 Å². The number of carbonyl (C=O) groups is 1. The van der Waals surface area contributed by atoms with Crippen molar-refractivity contribution < 1.29 is 9.53 Å². The summed E-state index contributed by atoms with van der Waals surface area (Å²) in [6.45, 7) is 13.5. The van der Waals surface area contributed by atoms with E-state index >= 15 is 0 Å². The van der Waals surface area contributed by atoms with Gasteiger partial charge >= 0.3 is 0 Å². The Kier molecular flexibility index (Phi) is 5.67. The molecule has 0 bridgehead atoms. The Morgan fingerprint density at radius 1 is 1.29 bits per heavy atom. The summed E-state index contributed by atoms with van der Waals surface area (Å²) >= 11 is 0. The lowest BCUT2D eigenvalue weighted by atomic mass is 9.87. The molecule has 1 amide bonds. The predicted molar refractivity (Wildman–Crippen MR) is 85.1 cm³/mol. The minimum atomic E-state index is 0.0387. The molecule has 122 valence electrons. The molecule has 4 nitrogen and oxygen atoms in total. The molecular weight excluding hydrogens is 264 g/mol. The highest BCUT2D eigenvalue weighted by molar-refractivity contribution is 5.80. The summed E-state index contributed by atoms with van der Waals surface area (Å²) in [7, 11) is 0. The van der Waals surface area contributed by atoms with Gasteiger partial charge in [0.1, 0.15) is 0 Å². The third-order valence-corrected chi connectivity index (χ3v) is 5.17. The minimum Gasteiger partial charge on any atom is -0.374 e. The van der Waals surface area contributed by atoms with Crippen LogP contribution in [0.15, 0.2) is 0 Å². The fourth-order valence-corrected chi connectivity index (χ4v) is 3.74. The Bertz CT molecular complexity index is 359. The Hall–Kier alpha value is -0.610. The molecule has 2 rings (SSSR count). The maximum absolute atomic E-state index is 12.9. The number of carbonyl (C=O) groups excluding carboxylic acids is 1. The van der Waals surface area contributed by atoms with Gasteiger partial charge in [0.05, 0.1) is 18.1 Å². The molecule has 0 spiro atoms. The van der Waals surface area contributed by atoms with Crippen LogP contribution in [0.4, 0.5) is 0 Å². The van der Waals surface area contributed by atoms with Gasteiger partial charge in [-0.05, 0) is 45.1 Å². The number of likely N-dealkylation sites (tertiary alicyclic amines) is 1. The summed E-state index contributed by atoms with van der Waals surface area (Å²) in [5.74, 6) is 1.27. The fourth-order valence-electron chi connectivity index (χ4n) is 3.74. The Balaban J connectivity index is 1.93. The maximum Gasteiger partial charge on any atom is 0.228 e. The van der Waals surface area contributed by atoms with Crippen LogP contribution >= 0.6 is 0 Å². The highest BCUT2D eigenvalue weighted by Crippen LogP contribution is 2.34. The molecule has 2 saturated heterocycles.